The minimum absolute atomic E-state index is 0.722. The Bertz CT molecular complexity index is 460. The maximum atomic E-state index is 12.0. The first-order valence-electron chi connectivity index (χ1n) is 3.75. The van der Waals surface area contributed by atoms with Gasteiger partial charge in [-0.3, -0.25) is 0 Å². The lowest BCUT2D eigenvalue weighted by Gasteiger charge is -2.10. The van der Waals surface area contributed by atoms with Gasteiger partial charge in [0, 0.05) is 21.5 Å². The molecule has 2 nitrogen and oxygen atoms in total. The van der Waals surface area contributed by atoms with Crippen molar-refractivity contribution < 1.29 is 8.42 Å². The molecule has 72 valence electrons. The SMILES string of the molecule is O=S1c2cscc2S(=O)c2cscc21. The van der Waals surface area contributed by atoms with Crippen molar-refractivity contribution in [3.8, 4) is 0 Å². The van der Waals surface area contributed by atoms with Crippen molar-refractivity contribution in [2.24, 2.45) is 0 Å². The van der Waals surface area contributed by atoms with E-state index in [2.05, 4.69) is 0 Å². The second kappa shape index (κ2) is 3.10. The molecule has 0 saturated heterocycles. The Hall–Kier alpha value is -0.300. The highest BCUT2D eigenvalue weighted by molar-refractivity contribution is 7.91. The van der Waals surface area contributed by atoms with E-state index < -0.39 is 21.6 Å². The highest BCUT2D eigenvalue weighted by atomic mass is 32.2. The summed E-state index contributed by atoms with van der Waals surface area (Å²) in [6.07, 6.45) is 0. The van der Waals surface area contributed by atoms with E-state index in [-0.39, 0.29) is 0 Å². The molecule has 0 unspecified atom stereocenters. The number of hydrogen-bond acceptors (Lipinski definition) is 4. The van der Waals surface area contributed by atoms with E-state index in [9.17, 15) is 8.42 Å². The van der Waals surface area contributed by atoms with E-state index in [1.165, 1.54) is 22.7 Å². The van der Waals surface area contributed by atoms with Gasteiger partial charge in [0.2, 0.25) is 0 Å². The zero-order chi connectivity index (χ0) is 9.71. The molecule has 0 atom stereocenters. The van der Waals surface area contributed by atoms with Gasteiger partial charge in [0.15, 0.2) is 0 Å². The van der Waals surface area contributed by atoms with E-state index in [0.717, 1.165) is 19.6 Å². The van der Waals surface area contributed by atoms with Gasteiger partial charge in [-0.05, 0) is 0 Å². The Labute approximate surface area is 93.5 Å². The van der Waals surface area contributed by atoms with Crippen LogP contribution in [0.25, 0.3) is 0 Å². The van der Waals surface area contributed by atoms with Crippen LogP contribution < -0.4 is 0 Å². The normalized spacial score (nSPS) is 24.3. The van der Waals surface area contributed by atoms with Crippen LogP contribution in [0.1, 0.15) is 0 Å². The Morgan fingerprint density at radius 3 is 1.29 bits per heavy atom. The van der Waals surface area contributed by atoms with Crippen LogP contribution in [0.4, 0.5) is 0 Å². The molecule has 3 rings (SSSR count). The first-order chi connectivity index (χ1) is 6.79. The summed E-state index contributed by atoms with van der Waals surface area (Å²) in [4.78, 5) is 2.89. The van der Waals surface area contributed by atoms with Crippen molar-refractivity contribution >= 4 is 44.3 Å². The minimum atomic E-state index is -1.12. The third kappa shape index (κ3) is 1.05. The molecular formula is C8H4O2S4. The quantitative estimate of drug-likeness (QED) is 0.622. The predicted molar refractivity (Wildman–Crippen MR) is 58.0 cm³/mol. The molecule has 0 radical (unpaired) electrons. The topological polar surface area (TPSA) is 34.1 Å². The largest absolute Gasteiger partial charge is 0.249 e. The zero-order valence-electron chi connectivity index (χ0n) is 6.76. The Balaban J connectivity index is 2.37. The van der Waals surface area contributed by atoms with E-state index in [1.807, 2.05) is 21.5 Å². The first kappa shape index (κ1) is 8.96. The van der Waals surface area contributed by atoms with Crippen molar-refractivity contribution in [3.63, 3.8) is 0 Å². The van der Waals surface area contributed by atoms with E-state index in [0.29, 0.717) is 0 Å². The lowest BCUT2D eigenvalue weighted by molar-refractivity contribution is 0.667. The second-order valence-corrected chi connectivity index (χ2v) is 7.06. The molecule has 6 heteroatoms. The molecule has 2 aromatic heterocycles. The fraction of sp³-hybridized carbons (Fsp3) is 0. The van der Waals surface area contributed by atoms with Crippen molar-refractivity contribution in [2.75, 3.05) is 0 Å². The Morgan fingerprint density at radius 2 is 1.00 bits per heavy atom. The number of fused-ring (bicyclic) bond motifs is 2. The van der Waals surface area contributed by atoms with Crippen molar-refractivity contribution in [1.29, 1.82) is 0 Å². The van der Waals surface area contributed by atoms with Crippen molar-refractivity contribution in [3.05, 3.63) is 21.5 Å². The maximum absolute atomic E-state index is 12.0. The fourth-order valence-corrected chi connectivity index (χ4v) is 7.18. The number of thiophene rings is 2. The molecule has 2 aromatic rings. The molecule has 0 saturated carbocycles. The van der Waals surface area contributed by atoms with Crippen molar-refractivity contribution in [2.45, 2.75) is 19.6 Å². The van der Waals surface area contributed by atoms with Gasteiger partial charge in [-0.15, -0.1) is 22.7 Å². The van der Waals surface area contributed by atoms with Crippen LogP contribution in [-0.4, -0.2) is 8.42 Å². The van der Waals surface area contributed by atoms with Crippen LogP contribution in [0.5, 0.6) is 0 Å². The van der Waals surface area contributed by atoms with Gasteiger partial charge < -0.3 is 0 Å². The zero-order valence-corrected chi connectivity index (χ0v) is 10.0. The van der Waals surface area contributed by atoms with E-state index >= 15 is 0 Å². The molecule has 0 aromatic carbocycles. The first-order valence-corrected chi connectivity index (χ1v) is 7.93. The summed E-state index contributed by atoms with van der Waals surface area (Å²) in [6.45, 7) is 0. The molecule has 1 aliphatic rings. The molecule has 3 heterocycles. The third-order valence-corrected chi connectivity index (χ3v) is 7.28. The summed E-state index contributed by atoms with van der Waals surface area (Å²) in [5.41, 5.74) is 0. The summed E-state index contributed by atoms with van der Waals surface area (Å²) >= 11 is 2.91. The van der Waals surface area contributed by atoms with Gasteiger partial charge in [-0.2, -0.15) is 0 Å². The molecule has 0 amide bonds. The van der Waals surface area contributed by atoms with E-state index in [4.69, 9.17) is 0 Å². The lowest BCUT2D eigenvalue weighted by atomic mass is 10.6. The van der Waals surface area contributed by atoms with Crippen LogP contribution in [0.15, 0.2) is 41.1 Å². The summed E-state index contributed by atoms with van der Waals surface area (Å²) in [7, 11) is -2.24. The van der Waals surface area contributed by atoms with Crippen LogP contribution in [-0.2, 0) is 21.6 Å². The summed E-state index contributed by atoms with van der Waals surface area (Å²) < 4.78 is 23.9. The molecular weight excluding hydrogens is 256 g/mol. The maximum Gasteiger partial charge on any atom is 0.0891 e. The highest BCUT2D eigenvalue weighted by Gasteiger charge is 2.29. The average Bonchev–Trinajstić information content (AvgIpc) is 2.82. The molecule has 14 heavy (non-hydrogen) atoms. The predicted octanol–water partition coefficient (Wildman–Crippen LogP) is 2.46. The van der Waals surface area contributed by atoms with Crippen LogP contribution in [0, 0.1) is 0 Å². The van der Waals surface area contributed by atoms with Crippen LogP contribution in [0.3, 0.4) is 0 Å². The standard InChI is InChI=1S/C8H4O2S4/c9-13-5-1-11-2-6(5)14(10)8-4-12-3-7(8)13/h1-4H. The molecule has 0 N–H and O–H groups in total. The monoisotopic (exact) mass is 260 g/mol. The van der Waals surface area contributed by atoms with Gasteiger partial charge >= 0.3 is 0 Å². The van der Waals surface area contributed by atoms with Crippen LogP contribution in [0.2, 0.25) is 0 Å². The van der Waals surface area contributed by atoms with Gasteiger partial charge in [0.1, 0.15) is 0 Å². The lowest BCUT2D eigenvalue weighted by Crippen LogP contribution is -2.06. The fourth-order valence-electron chi connectivity index (χ4n) is 1.32. The highest BCUT2D eigenvalue weighted by Crippen LogP contribution is 2.38. The summed E-state index contributed by atoms with van der Waals surface area (Å²) in [5.74, 6) is 0. The number of hydrogen-bond donors (Lipinski definition) is 0. The van der Waals surface area contributed by atoms with Gasteiger partial charge in [0.05, 0.1) is 41.2 Å². The van der Waals surface area contributed by atoms with E-state index in [1.54, 1.807) is 0 Å². The van der Waals surface area contributed by atoms with Crippen molar-refractivity contribution in [1.82, 2.24) is 0 Å². The molecule has 0 fully saturated rings. The third-order valence-electron chi connectivity index (χ3n) is 1.98. The Kier molecular flexibility index (Phi) is 1.98. The smallest absolute Gasteiger partial charge is 0.0891 e. The van der Waals surface area contributed by atoms with Crippen LogP contribution >= 0.6 is 22.7 Å². The minimum Gasteiger partial charge on any atom is -0.249 e. The molecule has 0 spiro atoms. The molecule has 1 aliphatic heterocycles. The summed E-state index contributed by atoms with van der Waals surface area (Å²) in [5, 5.41) is 7.29. The van der Waals surface area contributed by atoms with Gasteiger partial charge in [0.25, 0.3) is 0 Å². The number of rotatable bonds is 0. The Morgan fingerprint density at radius 1 is 0.714 bits per heavy atom. The molecule has 0 bridgehead atoms. The average molecular weight is 260 g/mol. The van der Waals surface area contributed by atoms with Gasteiger partial charge in [-0.25, -0.2) is 8.42 Å². The summed E-state index contributed by atoms with van der Waals surface area (Å²) in [6, 6.07) is 0. The van der Waals surface area contributed by atoms with Gasteiger partial charge in [-0.1, -0.05) is 0 Å². The molecule has 0 aliphatic carbocycles. The second-order valence-electron chi connectivity index (χ2n) is 2.74.